The molecule has 0 unspecified atom stereocenters. The Balaban J connectivity index is 1.47. The van der Waals surface area contributed by atoms with E-state index in [4.69, 9.17) is 0 Å². The quantitative estimate of drug-likeness (QED) is 0.866. The largest absolute Gasteiger partial charge is 0.299 e. The molecule has 1 aromatic heterocycles. The van der Waals surface area contributed by atoms with Crippen molar-refractivity contribution >= 4 is 10.0 Å². The molecule has 1 aromatic rings. The number of likely N-dealkylation sites (tertiary alicyclic amines) is 1. The predicted molar refractivity (Wildman–Crippen MR) is 99.8 cm³/mol. The summed E-state index contributed by atoms with van der Waals surface area (Å²) in [6.07, 6.45) is 4.54. The van der Waals surface area contributed by atoms with E-state index >= 15 is 0 Å². The van der Waals surface area contributed by atoms with Gasteiger partial charge in [0.15, 0.2) is 0 Å². The highest BCUT2D eigenvalue weighted by molar-refractivity contribution is 7.89. The summed E-state index contributed by atoms with van der Waals surface area (Å²) < 4.78 is 25.7. The number of aromatic amines is 1. The highest BCUT2D eigenvalue weighted by Crippen LogP contribution is 2.33. The van der Waals surface area contributed by atoms with Crippen molar-refractivity contribution in [2.75, 3.05) is 31.9 Å². The second-order valence-corrected chi connectivity index (χ2v) is 9.92. The molecule has 3 heterocycles. The van der Waals surface area contributed by atoms with Gasteiger partial charge in [0.05, 0.1) is 11.4 Å². The molecule has 1 N–H and O–H groups in total. The van der Waals surface area contributed by atoms with E-state index in [0.29, 0.717) is 19.0 Å². The molecule has 0 amide bonds. The Morgan fingerprint density at radius 2 is 1.60 bits per heavy atom. The molecule has 7 heteroatoms. The van der Waals surface area contributed by atoms with E-state index < -0.39 is 10.0 Å². The molecule has 0 atom stereocenters. The van der Waals surface area contributed by atoms with E-state index in [1.165, 1.54) is 24.1 Å². The molecule has 0 bridgehead atoms. The van der Waals surface area contributed by atoms with E-state index in [2.05, 4.69) is 28.9 Å². The summed E-state index contributed by atoms with van der Waals surface area (Å²) in [5.74, 6) is 1.68. The molecule has 2 aliphatic rings. The standard InChI is InChI=1S/C18H32N4O2S/c1-4-25(23,24)22-11-7-17(8-12-22)16-5-9-21(10-6-16)13-18-14(2)19-20-15(18)3/h16-17H,4-13H2,1-3H3,(H,19,20). The fourth-order valence-electron chi connectivity index (χ4n) is 4.42. The van der Waals surface area contributed by atoms with Crippen LogP contribution in [0.3, 0.4) is 0 Å². The first-order valence-corrected chi connectivity index (χ1v) is 11.2. The zero-order valence-corrected chi connectivity index (χ0v) is 16.6. The van der Waals surface area contributed by atoms with Gasteiger partial charge < -0.3 is 0 Å². The van der Waals surface area contributed by atoms with Gasteiger partial charge in [-0.3, -0.25) is 10.00 Å². The van der Waals surface area contributed by atoms with Crippen LogP contribution in [0.2, 0.25) is 0 Å². The van der Waals surface area contributed by atoms with Crippen LogP contribution in [0.1, 0.15) is 49.6 Å². The summed E-state index contributed by atoms with van der Waals surface area (Å²) in [6.45, 7) is 10.6. The average molecular weight is 369 g/mol. The number of sulfonamides is 1. The van der Waals surface area contributed by atoms with Crippen LogP contribution in [-0.2, 0) is 16.6 Å². The van der Waals surface area contributed by atoms with Gasteiger partial charge in [-0.2, -0.15) is 5.10 Å². The molecular weight excluding hydrogens is 336 g/mol. The Bertz CT molecular complexity index is 650. The van der Waals surface area contributed by atoms with Gasteiger partial charge in [-0.05, 0) is 71.4 Å². The summed E-state index contributed by atoms with van der Waals surface area (Å²) in [5, 5.41) is 7.38. The van der Waals surface area contributed by atoms with Gasteiger partial charge >= 0.3 is 0 Å². The van der Waals surface area contributed by atoms with E-state index in [1.807, 2.05) is 0 Å². The van der Waals surface area contributed by atoms with Crippen LogP contribution in [0.4, 0.5) is 0 Å². The third kappa shape index (κ3) is 4.26. The Kier molecular flexibility index (Phi) is 5.85. The van der Waals surface area contributed by atoms with Gasteiger partial charge in [-0.1, -0.05) is 0 Å². The van der Waals surface area contributed by atoms with Gasteiger partial charge in [0.25, 0.3) is 0 Å². The molecule has 0 saturated carbocycles. The minimum atomic E-state index is -3.01. The van der Waals surface area contributed by atoms with Crippen molar-refractivity contribution in [1.82, 2.24) is 19.4 Å². The number of aryl methyl sites for hydroxylation is 2. The van der Waals surface area contributed by atoms with Crippen LogP contribution in [-0.4, -0.2) is 59.8 Å². The fraction of sp³-hybridized carbons (Fsp3) is 0.833. The van der Waals surface area contributed by atoms with Crippen molar-refractivity contribution in [3.63, 3.8) is 0 Å². The van der Waals surface area contributed by atoms with Crippen molar-refractivity contribution in [1.29, 1.82) is 0 Å². The van der Waals surface area contributed by atoms with Crippen LogP contribution in [0.5, 0.6) is 0 Å². The number of piperidine rings is 2. The molecule has 0 radical (unpaired) electrons. The summed E-state index contributed by atoms with van der Waals surface area (Å²) in [4.78, 5) is 2.54. The highest BCUT2D eigenvalue weighted by atomic mass is 32.2. The molecule has 2 aliphatic heterocycles. The SMILES string of the molecule is CCS(=O)(=O)N1CCC(C2CCN(Cc3c(C)n[nH]c3C)CC2)CC1. The average Bonchev–Trinajstić information content (AvgIpc) is 2.94. The molecular formula is C18H32N4O2S. The summed E-state index contributed by atoms with van der Waals surface area (Å²) in [6, 6.07) is 0. The van der Waals surface area contributed by atoms with Gasteiger partial charge in [-0.25, -0.2) is 12.7 Å². The second-order valence-electron chi connectivity index (χ2n) is 7.66. The first kappa shape index (κ1) is 18.9. The van der Waals surface area contributed by atoms with Crippen LogP contribution >= 0.6 is 0 Å². The van der Waals surface area contributed by atoms with Crippen LogP contribution in [0, 0.1) is 25.7 Å². The molecule has 2 fully saturated rings. The zero-order valence-electron chi connectivity index (χ0n) is 15.8. The molecule has 0 spiro atoms. The van der Waals surface area contributed by atoms with Crippen molar-refractivity contribution in [3.8, 4) is 0 Å². The van der Waals surface area contributed by atoms with E-state index in [0.717, 1.165) is 44.1 Å². The number of H-pyrrole nitrogens is 1. The molecule has 3 rings (SSSR count). The maximum Gasteiger partial charge on any atom is 0.213 e. The van der Waals surface area contributed by atoms with E-state index in [-0.39, 0.29) is 5.75 Å². The lowest BCUT2D eigenvalue weighted by Gasteiger charge is -2.39. The number of nitrogens with one attached hydrogen (secondary N) is 1. The van der Waals surface area contributed by atoms with E-state index in [1.54, 1.807) is 11.2 Å². The first-order chi connectivity index (χ1) is 11.9. The Morgan fingerprint density at radius 1 is 1.04 bits per heavy atom. The fourth-order valence-corrected chi connectivity index (χ4v) is 5.55. The van der Waals surface area contributed by atoms with Crippen molar-refractivity contribution < 1.29 is 8.42 Å². The number of hydrogen-bond donors (Lipinski definition) is 1. The molecule has 0 aliphatic carbocycles. The van der Waals surface area contributed by atoms with Gasteiger partial charge in [0.2, 0.25) is 10.0 Å². The molecule has 0 aromatic carbocycles. The number of rotatable bonds is 5. The third-order valence-electron chi connectivity index (χ3n) is 6.22. The van der Waals surface area contributed by atoms with Gasteiger partial charge in [-0.15, -0.1) is 0 Å². The Morgan fingerprint density at radius 3 is 2.08 bits per heavy atom. The monoisotopic (exact) mass is 368 g/mol. The predicted octanol–water partition coefficient (Wildman–Crippen LogP) is 2.30. The third-order valence-corrected chi connectivity index (χ3v) is 8.10. The summed E-state index contributed by atoms with van der Waals surface area (Å²) in [5.41, 5.74) is 3.64. The zero-order chi connectivity index (χ0) is 18.0. The second kappa shape index (κ2) is 7.76. The highest BCUT2D eigenvalue weighted by Gasteiger charge is 2.32. The lowest BCUT2D eigenvalue weighted by atomic mass is 9.79. The molecule has 2 saturated heterocycles. The first-order valence-electron chi connectivity index (χ1n) is 9.61. The Labute approximate surface area is 152 Å². The number of hydrogen-bond acceptors (Lipinski definition) is 4. The van der Waals surface area contributed by atoms with Gasteiger partial charge in [0, 0.05) is 30.9 Å². The summed E-state index contributed by atoms with van der Waals surface area (Å²) >= 11 is 0. The minimum Gasteiger partial charge on any atom is -0.299 e. The van der Waals surface area contributed by atoms with Crippen LogP contribution in [0.25, 0.3) is 0 Å². The number of nitrogens with zero attached hydrogens (tertiary/aromatic N) is 3. The lowest BCUT2D eigenvalue weighted by Crippen LogP contribution is -2.43. The molecule has 142 valence electrons. The topological polar surface area (TPSA) is 69.3 Å². The normalized spacial score (nSPS) is 22.5. The van der Waals surface area contributed by atoms with Crippen molar-refractivity contribution in [3.05, 3.63) is 17.0 Å². The molecule has 25 heavy (non-hydrogen) atoms. The van der Waals surface area contributed by atoms with Crippen molar-refractivity contribution in [2.24, 2.45) is 11.8 Å². The maximum absolute atomic E-state index is 12.0. The maximum atomic E-state index is 12.0. The van der Waals surface area contributed by atoms with Crippen LogP contribution in [0.15, 0.2) is 0 Å². The smallest absolute Gasteiger partial charge is 0.213 e. The number of aromatic nitrogens is 2. The van der Waals surface area contributed by atoms with Gasteiger partial charge in [0.1, 0.15) is 0 Å². The van der Waals surface area contributed by atoms with Crippen molar-refractivity contribution in [2.45, 2.75) is 53.0 Å². The molecule has 6 nitrogen and oxygen atoms in total. The lowest BCUT2D eigenvalue weighted by molar-refractivity contribution is 0.113. The Hall–Kier alpha value is -0.920. The van der Waals surface area contributed by atoms with E-state index in [9.17, 15) is 8.42 Å². The summed E-state index contributed by atoms with van der Waals surface area (Å²) in [7, 11) is -3.01. The minimum absolute atomic E-state index is 0.225. The van der Waals surface area contributed by atoms with Crippen LogP contribution < -0.4 is 0 Å².